The molecule has 150 valence electrons. The molecule has 0 fully saturated rings. The molecule has 0 saturated carbocycles. The summed E-state index contributed by atoms with van der Waals surface area (Å²) >= 11 is 6.22. The van der Waals surface area contributed by atoms with E-state index in [1.807, 2.05) is 0 Å². The van der Waals surface area contributed by atoms with Crippen LogP contribution < -0.4 is 9.47 Å². The minimum Gasteiger partial charge on any atom is -0.496 e. The third-order valence-corrected chi connectivity index (χ3v) is 4.63. The molecule has 1 aromatic carbocycles. The summed E-state index contributed by atoms with van der Waals surface area (Å²) in [5.41, 5.74) is 1.26. The lowest BCUT2D eigenvalue weighted by atomic mass is 10.1. The highest BCUT2D eigenvalue weighted by molar-refractivity contribution is 6.32. The molecular formula is C22H15ClN2O5. The van der Waals surface area contributed by atoms with Gasteiger partial charge in [0, 0.05) is 17.8 Å². The molecule has 0 radical (unpaired) electrons. The Kier molecular flexibility index (Phi) is 5.33. The SMILES string of the molecule is COc1cc(OC)c(C=Nc2oc(-c3ccco3)c(-c3ccco3)c2C#N)cc1Cl. The van der Waals surface area contributed by atoms with Crippen LogP contribution in [0.15, 0.2) is 67.2 Å². The van der Waals surface area contributed by atoms with E-state index < -0.39 is 0 Å². The lowest BCUT2D eigenvalue weighted by Gasteiger charge is -2.08. The van der Waals surface area contributed by atoms with Crippen molar-refractivity contribution in [3.05, 3.63) is 65.1 Å². The van der Waals surface area contributed by atoms with Gasteiger partial charge in [-0.3, -0.25) is 0 Å². The summed E-state index contributed by atoms with van der Waals surface area (Å²) in [5.74, 6) is 2.34. The zero-order chi connectivity index (χ0) is 21.1. The van der Waals surface area contributed by atoms with Crippen LogP contribution in [-0.2, 0) is 0 Å². The van der Waals surface area contributed by atoms with Gasteiger partial charge in [0.2, 0.25) is 5.88 Å². The van der Waals surface area contributed by atoms with E-state index >= 15 is 0 Å². The number of benzene rings is 1. The van der Waals surface area contributed by atoms with E-state index in [0.29, 0.717) is 44.9 Å². The second kappa shape index (κ2) is 8.23. The number of methoxy groups -OCH3 is 2. The van der Waals surface area contributed by atoms with Gasteiger partial charge in [-0.05, 0) is 30.3 Å². The first-order chi connectivity index (χ1) is 14.7. The number of halogens is 1. The van der Waals surface area contributed by atoms with Gasteiger partial charge in [0.05, 0.1) is 37.3 Å². The van der Waals surface area contributed by atoms with Gasteiger partial charge in [0.1, 0.15) is 28.9 Å². The van der Waals surface area contributed by atoms with Crippen molar-refractivity contribution in [3.63, 3.8) is 0 Å². The monoisotopic (exact) mass is 422 g/mol. The van der Waals surface area contributed by atoms with Crippen LogP contribution in [0.4, 0.5) is 5.88 Å². The van der Waals surface area contributed by atoms with E-state index in [9.17, 15) is 5.26 Å². The molecule has 4 aromatic rings. The van der Waals surface area contributed by atoms with Crippen molar-refractivity contribution in [2.45, 2.75) is 0 Å². The minimum absolute atomic E-state index is 0.101. The molecule has 0 spiro atoms. The molecule has 8 heteroatoms. The third kappa shape index (κ3) is 3.45. The van der Waals surface area contributed by atoms with Crippen LogP contribution in [0.1, 0.15) is 11.1 Å². The van der Waals surface area contributed by atoms with Crippen molar-refractivity contribution in [1.82, 2.24) is 0 Å². The van der Waals surface area contributed by atoms with Gasteiger partial charge in [0.15, 0.2) is 11.5 Å². The van der Waals surface area contributed by atoms with Crippen LogP contribution >= 0.6 is 11.6 Å². The Balaban J connectivity index is 1.84. The number of ether oxygens (including phenoxy) is 2. The van der Waals surface area contributed by atoms with Gasteiger partial charge < -0.3 is 22.7 Å². The molecule has 0 saturated heterocycles. The van der Waals surface area contributed by atoms with E-state index in [1.54, 1.807) is 36.4 Å². The average Bonchev–Trinajstić information content (AvgIpc) is 3.52. The highest BCUT2D eigenvalue weighted by Gasteiger charge is 2.26. The van der Waals surface area contributed by atoms with Gasteiger partial charge in [-0.25, -0.2) is 4.99 Å². The summed E-state index contributed by atoms with van der Waals surface area (Å²) in [6.07, 6.45) is 4.53. The molecule has 7 nitrogen and oxygen atoms in total. The Morgan fingerprint density at radius 1 is 1.03 bits per heavy atom. The summed E-state index contributed by atoms with van der Waals surface area (Å²) in [7, 11) is 3.04. The highest BCUT2D eigenvalue weighted by Crippen LogP contribution is 2.43. The molecule has 30 heavy (non-hydrogen) atoms. The summed E-state index contributed by atoms with van der Waals surface area (Å²) in [6, 6.07) is 12.4. The number of nitriles is 1. The summed E-state index contributed by atoms with van der Waals surface area (Å²) < 4.78 is 27.4. The van der Waals surface area contributed by atoms with Crippen molar-refractivity contribution >= 4 is 23.7 Å². The molecule has 0 N–H and O–H groups in total. The van der Waals surface area contributed by atoms with Crippen LogP contribution in [0.25, 0.3) is 22.8 Å². The van der Waals surface area contributed by atoms with Crippen molar-refractivity contribution in [2.24, 2.45) is 4.99 Å². The largest absolute Gasteiger partial charge is 0.496 e. The third-order valence-electron chi connectivity index (χ3n) is 4.34. The molecule has 0 aliphatic heterocycles. The van der Waals surface area contributed by atoms with Crippen LogP contribution in [0, 0.1) is 11.3 Å². The van der Waals surface area contributed by atoms with E-state index in [-0.39, 0.29) is 11.4 Å². The highest BCUT2D eigenvalue weighted by atomic mass is 35.5. The maximum atomic E-state index is 9.80. The first-order valence-electron chi connectivity index (χ1n) is 8.76. The fraction of sp³-hybridized carbons (Fsp3) is 0.0909. The summed E-state index contributed by atoms with van der Waals surface area (Å²) in [5, 5.41) is 10.2. The smallest absolute Gasteiger partial charge is 0.238 e. The summed E-state index contributed by atoms with van der Waals surface area (Å²) in [6.45, 7) is 0. The fourth-order valence-corrected chi connectivity index (χ4v) is 3.21. The standard InChI is InChI=1S/C22H15ClN2O5/c1-26-18-10-19(27-2)15(23)9-13(18)12-25-22-14(11-24)20(16-5-3-7-28-16)21(30-22)17-6-4-8-29-17/h3-10,12H,1-2H3. The number of aliphatic imine (C=N–C) groups is 1. The van der Waals surface area contributed by atoms with Gasteiger partial charge in [-0.1, -0.05) is 11.6 Å². The van der Waals surface area contributed by atoms with Gasteiger partial charge in [0.25, 0.3) is 0 Å². The number of rotatable bonds is 6. The normalized spacial score (nSPS) is 11.0. The molecular weight excluding hydrogens is 408 g/mol. The molecule has 0 bridgehead atoms. The maximum Gasteiger partial charge on any atom is 0.238 e. The van der Waals surface area contributed by atoms with Gasteiger partial charge >= 0.3 is 0 Å². The molecule has 0 unspecified atom stereocenters. The molecule has 4 rings (SSSR count). The van der Waals surface area contributed by atoms with E-state index in [4.69, 9.17) is 34.3 Å². The number of hydrogen-bond acceptors (Lipinski definition) is 7. The van der Waals surface area contributed by atoms with Crippen molar-refractivity contribution in [3.8, 4) is 40.4 Å². The zero-order valence-corrected chi connectivity index (χ0v) is 16.8. The van der Waals surface area contributed by atoms with Crippen molar-refractivity contribution in [1.29, 1.82) is 5.26 Å². The number of nitrogens with zero attached hydrogens (tertiary/aromatic N) is 2. The molecule has 0 aliphatic carbocycles. The minimum atomic E-state index is 0.101. The van der Waals surface area contributed by atoms with E-state index in [0.717, 1.165) is 0 Å². The van der Waals surface area contributed by atoms with Crippen LogP contribution in [-0.4, -0.2) is 20.4 Å². The van der Waals surface area contributed by atoms with Crippen LogP contribution in [0.2, 0.25) is 5.02 Å². The Labute approximate surface area is 176 Å². The van der Waals surface area contributed by atoms with Gasteiger partial charge in [-0.15, -0.1) is 0 Å². The van der Waals surface area contributed by atoms with Crippen LogP contribution in [0.5, 0.6) is 11.5 Å². The predicted octanol–water partition coefficient (Wildman–Crippen LogP) is 6.09. The van der Waals surface area contributed by atoms with Crippen molar-refractivity contribution in [2.75, 3.05) is 14.2 Å². The lowest BCUT2D eigenvalue weighted by Crippen LogP contribution is -1.93. The maximum absolute atomic E-state index is 9.80. The first-order valence-corrected chi connectivity index (χ1v) is 9.14. The number of hydrogen-bond donors (Lipinski definition) is 0. The molecule has 0 amide bonds. The van der Waals surface area contributed by atoms with E-state index in [1.165, 1.54) is 33.0 Å². The Morgan fingerprint density at radius 3 is 2.33 bits per heavy atom. The van der Waals surface area contributed by atoms with Gasteiger partial charge in [-0.2, -0.15) is 5.26 Å². The number of furan rings is 3. The van der Waals surface area contributed by atoms with Crippen molar-refractivity contribution < 1.29 is 22.7 Å². The first kappa shape index (κ1) is 19.4. The molecule has 3 heterocycles. The quantitative estimate of drug-likeness (QED) is 0.349. The van der Waals surface area contributed by atoms with Crippen LogP contribution in [0.3, 0.4) is 0 Å². The Morgan fingerprint density at radius 2 is 1.73 bits per heavy atom. The predicted molar refractivity (Wildman–Crippen MR) is 111 cm³/mol. The molecule has 0 atom stereocenters. The molecule has 3 aromatic heterocycles. The second-order valence-corrected chi connectivity index (χ2v) is 6.45. The fourth-order valence-electron chi connectivity index (χ4n) is 2.96. The lowest BCUT2D eigenvalue weighted by molar-refractivity contribution is 0.394. The average molecular weight is 423 g/mol. The Hall–Kier alpha value is -3.89. The topological polar surface area (TPSA) is 94.0 Å². The summed E-state index contributed by atoms with van der Waals surface area (Å²) in [4.78, 5) is 4.38. The zero-order valence-electron chi connectivity index (χ0n) is 16.0. The second-order valence-electron chi connectivity index (χ2n) is 6.04. The Bertz CT molecular complexity index is 1230. The van der Waals surface area contributed by atoms with E-state index in [2.05, 4.69) is 11.1 Å². The molecule has 0 aliphatic rings.